The maximum absolute atomic E-state index is 11.1. The highest BCUT2D eigenvalue weighted by Gasteiger charge is 2.47. The number of hydrogen-bond donors (Lipinski definition) is 1. The zero-order valence-electron chi connectivity index (χ0n) is 16.6. The van der Waals surface area contributed by atoms with Gasteiger partial charge in [-0.25, -0.2) is 0 Å². The van der Waals surface area contributed by atoms with Gasteiger partial charge < -0.3 is 33.5 Å². The quantitative estimate of drug-likeness (QED) is 0.846. The van der Waals surface area contributed by atoms with Crippen molar-refractivity contribution in [2.75, 3.05) is 41.3 Å². The van der Waals surface area contributed by atoms with Gasteiger partial charge in [-0.3, -0.25) is 0 Å². The average Bonchev–Trinajstić information content (AvgIpc) is 3.41. The van der Waals surface area contributed by atoms with E-state index in [2.05, 4.69) is 0 Å². The van der Waals surface area contributed by atoms with Crippen LogP contribution in [-0.4, -0.2) is 46.4 Å². The van der Waals surface area contributed by atoms with Crippen molar-refractivity contribution < 1.29 is 33.5 Å². The molecule has 154 valence electrons. The van der Waals surface area contributed by atoms with E-state index < -0.39 is 6.10 Å². The van der Waals surface area contributed by atoms with Crippen LogP contribution in [0.4, 0.5) is 0 Å². The summed E-state index contributed by atoms with van der Waals surface area (Å²) in [6.45, 7) is 1.30. The number of aliphatic hydroxyl groups is 1. The molecule has 2 aromatic carbocycles. The lowest BCUT2D eigenvalue weighted by atomic mass is 9.66. The van der Waals surface area contributed by atoms with E-state index >= 15 is 0 Å². The largest absolute Gasteiger partial charge is 0.493 e. The molecule has 1 N–H and O–H groups in total. The molecule has 0 spiro atoms. The smallest absolute Gasteiger partial charge is 0.231 e. The van der Waals surface area contributed by atoms with Crippen molar-refractivity contribution in [3.8, 4) is 28.7 Å². The zero-order valence-corrected chi connectivity index (χ0v) is 16.6. The molecule has 2 aliphatic heterocycles. The second-order valence-electron chi connectivity index (χ2n) is 7.58. The molecule has 0 amide bonds. The number of aliphatic hydroxyl groups excluding tert-OH is 1. The number of methoxy groups -OCH3 is 3. The molecule has 0 unspecified atom stereocenters. The topological polar surface area (TPSA) is 75.6 Å². The van der Waals surface area contributed by atoms with Crippen molar-refractivity contribution >= 4 is 0 Å². The molecule has 0 bridgehead atoms. The van der Waals surface area contributed by atoms with Gasteiger partial charge in [0, 0.05) is 17.8 Å². The maximum Gasteiger partial charge on any atom is 0.231 e. The van der Waals surface area contributed by atoms with Crippen LogP contribution in [0, 0.1) is 11.8 Å². The summed E-state index contributed by atoms with van der Waals surface area (Å²) >= 11 is 0. The number of hydrogen-bond acceptors (Lipinski definition) is 7. The predicted molar refractivity (Wildman–Crippen MR) is 103 cm³/mol. The van der Waals surface area contributed by atoms with Crippen molar-refractivity contribution in [3.05, 3.63) is 41.0 Å². The van der Waals surface area contributed by atoms with E-state index in [4.69, 9.17) is 28.4 Å². The van der Waals surface area contributed by atoms with Crippen LogP contribution in [0.15, 0.2) is 24.3 Å². The highest BCUT2D eigenvalue weighted by Crippen LogP contribution is 2.55. The van der Waals surface area contributed by atoms with Gasteiger partial charge in [0.1, 0.15) is 0 Å². The fourth-order valence-corrected chi connectivity index (χ4v) is 4.92. The minimum atomic E-state index is -0.606. The van der Waals surface area contributed by atoms with Crippen LogP contribution >= 0.6 is 0 Å². The van der Waals surface area contributed by atoms with E-state index in [9.17, 15) is 5.11 Å². The van der Waals surface area contributed by atoms with Crippen molar-refractivity contribution in [1.82, 2.24) is 0 Å². The molecule has 1 saturated heterocycles. The molecule has 0 saturated carbocycles. The van der Waals surface area contributed by atoms with E-state index in [1.165, 1.54) is 0 Å². The fraction of sp³-hybridized carbons (Fsp3) is 0.455. The fourth-order valence-electron chi connectivity index (χ4n) is 4.92. The molecule has 4 atom stereocenters. The molecule has 0 radical (unpaired) electrons. The molecular weight excluding hydrogens is 376 g/mol. The van der Waals surface area contributed by atoms with Gasteiger partial charge in [0.15, 0.2) is 23.0 Å². The Kier molecular flexibility index (Phi) is 4.44. The van der Waals surface area contributed by atoms with Crippen LogP contribution in [0.25, 0.3) is 0 Å². The first-order chi connectivity index (χ1) is 14.2. The van der Waals surface area contributed by atoms with E-state index in [-0.39, 0.29) is 24.5 Å². The van der Waals surface area contributed by atoms with Gasteiger partial charge >= 0.3 is 0 Å². The Labute approximate surface area is 169 Å². The lowest BCUT2D eigenvalue weighted by Gasteiger charge is -2.38. The van der Waals surface area contributed by atoms with Gasteiger partial charge in [0.05, 0.1) is 40.6 Å². The number of rotatable bonds is 4. The summed E-state index contributed by atoms with van der Waals surface area (Å²) in [6, 6.07) is 7.85. The van der Waals surface area contributed by atoms with Gasteiger partial charge in [-0.2, -0.15) is 0 Å². The van der Waals surface area contributed by atoms with Gasteiger partial charge in [-0.15, -0.1) is 0 Å². The Morgan fingerprint density at radius 1 is 0.828 bits per heavy atom. The average molecular weight is 400 g/mol. The Morgan fingerprint density at radius 3 is 2.07 bits per heavy atom. The first-order valence-electron chi connectivity index (χ1n) is 9.65. The summed E-state index contributed by atoms with van der Waals surface area (Å²) in [5.74, 6) is 3.25. The molecule has 5 rings (SSSR count). The minimum absolute atomic E-state index is 0.00645. The van der Waals surface area contributed by atoms with Gasteiger partial charge in [0.2, 0.25) is 12.5 Å². The SMILES string of the molecule is COc1cc([C@@H]2c3cc4c(cc3[C@H](O)[C@H]3COC[C@@H]23)OCO4)cc(OC)c1OC. The summed E-state index contributed by atoms with van der Waals surface area (Å²) in [7, 11) is 4.81. The highest BCUT2D eigenvalue weighted by molar-refractivity contribution is 5.59. The van der Waals surface area contributed by atoms with Crippen molar-refractivity contribution in [2.24, 2.45) is 11.8 Å². The Bertz CT molecular complexity index is 916. The third-order valence-electron chi connectivity index (χ3n) is 6.28. The Morgan fingerprint density at radius 2 is 1.45 bits per heavy atom. The summed E-state index contributed by atoms with van der Waals surface area (Å²) in [4.78, 5) is 0. The molecular formula is C22H24O7. The van der Waals surface area contributed by atoms with Gasteiger partial charge in [-0.05, 0) is 41.0 Å². The van der Waals surface area contributed by atoms with Gasteiger partial charge in [-0.1, -0.05) is 0 Å². The summed E-state index contributed by atoms with van der Waals surface area (Å²) < 4.78 is 33.6. The zero-order chi connectivity index (χ0) is 20.1. The molecule has 0 aromatic heterocycles. The number of fused-ring (bicyclic) bond motifs is 3. The van der Waals surface area contributed by atoms with E-state index in [0.29, 0.717) is 42.0 Å². The van der Waals surface area contributed by atoms with E-state index in [1.807, 2.05) is 24.3 Å². The van der Waals surface area contributed by atoms with Gasteiger partial charge in [0.25, 0.3) is 0 Å². The minimum Gasteiger partial charge on any atom is -0.493 e. The maximum atomic E-state index is 11.1. The molecule has 2 heterocycles. The molecule has 7 heteroatoms. The van der Waals surface area contributed by atoms with Crippen LogP contribution in [-0.2, 0) is 4.74 Å². The lowest BCUT2D eigenvalue weighted by molar-refractivity contribution is 0.0687. The standard InChI is InChI=1S/C22H24O7/c1-24-18-4-11(5-19(25-2)22(18)26-3)20-12-6-16-17(29-10-28-16)7-13(12)21(23)15-9-27-8-14(15)20/h4-7,14-15,20-21,23H,8-10H2,1-3H3/t14-,15+,20-,21+/m1/s1. The van der Waals surface area contributed by atoms with Crippen molar-refractivity contribution in [2.45, 2.75) is 12.0 Å². The normalized spacial score (nSPS) is 26.6. The first kappa shape index (κ1) is 18.4. The van der Waals surface area contributed by atoms with Crippen LogP contribution in [0.3, 0.4) is 0 Å². The number of ether oxygens (including phenoxy) is 6. The van der Waals surface area contributed by atoms with Crippen LogP contribution < -0.4 is 23.7 Å². The van der Waals surface area contributed by atoms with Crippen molar-refractivity contribution in [3.63, 3.8) is 0 Å². The molecule has 7 nitrogen and oxygen atoms in total. The highest BCUT2D eigenvalue weighted by atomic mass is 16.7. The lowest BCUT2D eigenvalue weighted by Crippen LogP contribution is -2.33. The number of benzene rings is 2. The molecule has 2 aromatic rings. The second kappa shape index (κ2) is 7.00. The Balaban J connectivity index is 1.71. The predicted octanol–water partition coefficient (Wildman–Crippen LogP) is 2.88. The van der Waals surface area contributed by atoms with Crippen LogP contribution in [0.2, 0.25) is 0 Å². The molecule has 29 heavy (non-hydrogen) atoms. The van der Waals surface area contributed by atoms with Crippen molar-refractivity contribution in [1.29, 1.82) is 0 Å². The summed E-state index contributed by atoms with van der Waals surface area (Å²) in [5, 5.41) is 11.1. The summed E-state index contributed by atoms with van der Waals surface area (Å²) in [6.07, 6.45) is -0.606. The first-order valence-corrected chi connectivity index (χ1v) is 9.65. The second-order valence-corrected chi connectivity index (χ2v) is 7.58. The molecule has 1 fully saturated rings. The monoisotopic (exact) mass is 400 g/mol. The molecule has 1 aliphatic carbocycles. The summed E-state index contributed by atoms with van der Waals surface area (Å²) in [5.41, 5.74) is 2.90. The van der Waals surface area contributed by atoms with E-state index in [1.54, 1.807) is 21.3 Å². The molecule has 3 aliphatic rings. The van der Waals surface area contributed by atoms with Crippen LogP contribution in [0.5, 0.6) is 28.7 Å². The Hall–Kier alpha value is -2.64. The van der Waals surface area contributed by atoms with E-state index in [0.717, 1.165) is 16.7 Å². The van der Waals surface area contributed by atoms with Crippen LogP contribution in [0.1, 0.15) is 28.7 Å². The third-order valence-corrected chi connectivity index (χ3v) is 6.28. The third kappa shape index (κ3) is 2.72.